The van der Waals surface area contributed by atoms with Crippen molar-refractivity contribution in [3.8, 4) is 11.4 Å². The number of furan rings is 1. The molecular weight excluding hydrogens is 673 g/mol. The molecule has 260 valence electrons. The van der Waals surface area contributed by atoms with E-state index in [-0.39, 0.29) is 12.2 Å². The van der Waals surface area contributed by atoms with Crippen molar-refractivity contribution in [3.05, 3.63) is 199 Å². The second-order valence-corrected chi connectivity index (χ2v) is 14.6. The fraction of sp³-hybridized carbons (Fsp3) is 0.0400. The van der Waals surface area contributed by atoms with E-state index in [1.165, 1.54) is 49.2 Å². The number of hydrogen-bond acceptors (Lipinski definition) is 3. The van der Waals surface area contributed by atoms with Crippen LogP contribution >= 0.6 is 0 Å². The van der Waals surface area contributed by atoms with Gasteiger partial charge in [-0.1, -0.05) is 121 Å². The lowest BCUT2D eigenvalue weighted by molar-refractivity contribution is 0.462. The van der Waals surface area contributed by atoms with E-state index in [9.17, 15) is 0 Å². The van der Waals surface area contributed by atoms with Gasteiger partial charge in [0, 0.05) is 61.0 Å². The summed E-state index contributed by atoms with van der Waals surface area (Å²) in [5, 5.41) is 14.9. The van der Waals surface area contributed by atoms with Gasteiger partial charge in [0.2, 0.25) is 0 Å². The van der Waals surface area contributed by atoms with Gasteiger partial charge in [-0.15, -0.1) is 0 Å². The maximum absolute atomic E-state index is 6.74. The predicted octanol–water partition coefficient (Wildman–Crippen LogP) is 11.9. The van der Waals surface area contributed by atoms with Crippen LogP contribution in [0, 0.1) is 0 Å². The topological polar surface area (TPSA) is 47.1 Å². The summed E-state index contributed by atoms with van der Waals surface area (Å²) in [6, 6.07) is 56.8. The van der Waals surface area contributed by atoms with E-state index in [4.69, 9.17) is 4.42 Å². The predicted molar refractivity (Wildman–Crippen MR) is 227 cm³/mol. The molecule has 1 aliphatic carbocycles. The summed E-state index contributed by atoms with van der Waals surface area (Å²) in [5.74, 6) is 0. The lowest BCUT2D eigenvalue weighted by Crippen LogP contribution is -2.45. The molecule has 4 heterocycles. The zero-order valence-electron chi connectivity index (χ0n) is 29.8. The molecule has 1 aliphatic heterocycles. The van der Waals surface area contributed by atoms with E-state index >= 15 is 0 Å². The summed E-state index contributed by atoms with van der Waals surface area (Å²) < 4.78 is 11.5. The van der Waals surface area contributed by atoms with Gasteiger partial charge in [0.05, 0.1) is 28.1 Å². The number of rotatable bonds is 4. The lowest BCUT2D eigenvalue weighted by atomic mass is 9.92. The first kappa shape index (κ1) is 30.4. The number of fused-ring (bicyclic) bond motifs is 10. The van der Waals surface area contributed by atoms with E-state index in [1.54, 1.807) is 0 Å². The summed E-state index contributed by atoms with van der Waals surface area (Å²) in [5.41, 5.74) is 13.4. The second-order valence-electron chi connectivity index (χ2n) is 14.6. The zero-order chi connectivity index (χ0) is 36.0. The number of allylic oxidation sites excluding steroid dienone is 2. The summed E-state index contributed by atoms with van der Waals surface area (Å²) in [7, 11) is 0. The number of nitrogens with one attached hydrogen (secondary N) is 2. The molecule has 7 aromatic carbocycles. The molecule has 2 N–H and O–H groups in total. The molecule has 10 aromatic rings. The van der Waals surface area contributed by atoms with Crippen molar-refractivity contribution in [1.29, 1.82) is 0 Å². The molecule has 0 saturated carbocycles. The minimum absolute atomic E-state index is 0.0926. The Bertz CT molecular complexity index is 3270. The minimum atomic E-state index is -0.123. The Morgan fingerprint density at radius 2 is 1.16 bits per heavy atom. The van der Waals surface area contributed by atoms with Crippen molar-refractivity contribution in [2.45, 2.75) is 12.2 Å². The van der Waals surface area contributed by atoms with E-state index in [0.717, 1.165) is 50.1 Å². The number of benzene rings is 7. The first-order valence-electron chi connectivity index (χ1n) is 18.9. The SMILES string of the molecule is C1=CC2=C(c3ccccc3)NC(c3cccc4oc5cc(-n6c7ccccc7c7cc8c(cc76)c6ccccc6n8-c6ccccc6)ccc5c34)NC2C=C1. The van der Waals surface area contributed by atoms with Crippen LogP contribution in [0.25, 0.3) is 82.6 Å². The van der Waals surface area contributed by atoms with Crippen LogP contribution in [0.3, 0.4) is 0 Å². The van der Waals surface area contributed by atoms with E-state index in [1.807, 2.05) is 0 Å². The van der Waals surface area contributed by atoms with Gasteiger partial charge < -0.3 is 18.9 Å². The molecule has 0 fully saturated rings. The molecule has 3 aromatic heterocycles. The number of hydrogen-bond donors (Lipinski definition) is 2. The van der Waals surface area contributed by atoms with Gasteiger partial charge in [0.15, 0.2) is 0 Å². The third kappa shape index (κ3) is 4.51. The highest BCUT2D eigenvalue weighted by Crippen LogP contribution is 2.42. The van der Waals surface area contributed by atoms with Crippen LogP contribution in [0.2, 0.25) is 0 Å². The minimum Gasteiger partial charge on any atom is -0.456 e. The van der Waals surface area contributed by atoms with Crippen molar-refractivity contribution in [1.82, 2.24) is 19.8 Å². The Morgan fingerprint density at radius 3 is 1.91 bits per heavy atom. The zero-order valence-corrected chi connectivity index (χ0v) is 29.8. The van der Waals surface area contributed by atoms with Crippen LogP contribution in [-0.2, 0) is 0 Å². The van der Waals surface area contributed by atoms with E-state index in [0.29, 0.717) is 0 Å². The van der Waals surface area contributed by atoms with E-state index in [2.05, 4.69) is 202 Å². The molecule has 12 rings (SSSR count). The molecule has 2 unspecified atom stereocenters. The third-order valence-electron chi connectivity index (χ3n) is 11.6. The number of aromatic nitrogens is 2. The average molecular weight is 707 g/mol. The van der Waals surface area contributed by atoms with Crippen LogP contribution in [0.5, 0.6) is 0 Å². The summed E-state index contributed by atoms with van der Waals surface area (Å²) in [4.78, 5) is 0. The van der Waals surface area contributed by atoms with Gasteiger partial charge in [-0.3, -0.25) is 5.32 Å². The van der Waals surface area contributed by atoms with Crippen LogP contribution in [-0.4, -0.2) is 15.2 Å². The molecule has 0 amide bonds. The highest BCUT2D eigenvalue weighted by atomic mass is 16.3. The Hall–Kier alpha value is -7.08. The highest BCUT2D eigenvalue weighted by Gasteiger charge is 2.30. The normalized spacial score (nSPS) is 16.9. The first-order valence-corrected chi connectivity index (χ1v) is 18.9. The van der Waals surface area contributed by atoms with Gasteiger partial charge in [0.1, 0.15) is 17.3 Å². The Labute approximate surface area is 316 Å². The van der Waals surface area contributed by atoms with Crippen LogP contribution in [0.1, 0.15) is 17.3 Å². The number of nitrogens with zero attached hydrogens (tertiary/aromatic N) is 2. The van der Waals surface area contributed by atoms with Gasteiger partial charge >= 0.3 is 0 Å². The maximum atomic E-state index is 6.74. The molecule has 55 heavy (non-hydrogen) atoms. The standard InChI is InChI=1S/C50H34N4O/c1-3-14-31(15-4-1)49-36-20-7-10-22-41(36)51-50(52-49)38-21-13-25-46-48(38)37-27-26-33(28-47(37)55-46)54-43-24-12-9-19-35(43)40-29-44-39(30-45(40)54)34-18-8-11-23-42(34)53(44)32-16-5-2-6-17-32/h1-30,41,50-52H. The van der Waals surface area contributed by atoms with Crippen molar-refractivity contribution in [2.24, 2.45) is 0 Å². The van der Waals surface area contributed by atoms with Crippen LogP contribution in [0.15, 0.2) is 192 Å². The van der Waals surface area contributed by atoms with Gasteiger partial charge in [-0.05, 0) is 65.7 Å². The fourth-order valence-corrected chi connectivity index (χ4v) is 9.18. The molecule has 0 saturated heterocycles. The molecule has 0 radical (unpaired) electrons. The van der Waals surface area contributed by atoms with Gasteiger partial charge in [0.25, 0.3) is 0 Å². The number of para-hydroxylation sites is 3. The lowest BCUT2D eigenvalue weighted by Gasteiger charge is -2.36. The van der Waals surface area contributed by atoms with Crippen molar-refractivity contribution < 1.29 is 4.42 Å². The second kappa shape index (κ2) is 11.7. The Kier molecular flexibility index (Phi) is 6.47. The molecule has 0 bridgehead atoms. The molecular formula is C50H34N4O. The molecule has 5 nitrogen and oxygen atoms in total. The van der Waals surface area contributed by atoms with E-state index < -0.39 is 0 Å². The van der Waals surface area contributed by atoms with Crippen molar-refractivity contribution >= 4 is 71.2 Å². The summed E-state index contributed by atoms with van der Waals surface area (Å²) in [6.07, 6.45) is 8.57. The third-order valence-corrected chi connectivity index (χ3v) is 11.6. The van der Waals surface area contributed by atoms with Gasteiger partial charge in [-0.25, -0.2) is 0 Å². The molecule has 5 heteroatoms. The van der Waals surface area contributed by atoms with Gasteiger partial charge in [-0.2, -0.15) is 0 Å². The molecule has 2 aliphatic rings. The Morgan fingerprint density at radius 1 is 0.491 bits per heavy atom. The molecule has 0 spiro atoms. The van der Waals surface area contributed by atoms with Crippen LogP contribution in [0.4, 0.5) is 0 Å². The van der Waals surface area contributed by atoms with Crippen LogP contribution < -0.4 is 10.6 Å². The molecule has 2 atom stereocenters. The monoisotopic (exact) mass is 706 g/mol. The van der Waals surface area contributed by atoms with Crippen molar-refractivity contribution in [2.75, 3.05) is 0 Å². The Balaban J connectivity index is 1.04. The van der Waals surface area contributed by atoms with Crippen molar-refractivity contribution in [3.63, 3.8) is 0 Å². The maximum Gasteiger partial charge on any atom is 0.137 e. The average Bonchev–Trinajstić information content (AvgIpc) is 3.90. The summed E-state index contributed by atoms with van der Waals surface area (Å²) in [6.45, 7) is 0. The highest BCUT2D eigenvalue weighted by molar-refractivity contribution is 6.19. The smallest absolute Gasteiger partial charge is 0.137 e. The fourth-order valence-electron chi connectivity index (χ4n) is 9.18. The first-order chi connectivity index (χ1) is 27.3. The summed E-state index contributed by atoms with van der Waals surface area (Å²) >= 11 is 0. The largest absolute Gasteiger partial charge is 0.456 e. The quantitative estimate of drug-likeness (QED) is 0.192.